The molecule has 0 saturated carbocycles. The van der Waals surface area contributed by atoms with E-state index >= 15 is 0 Å². The van der Waals surface area contributed by atoms with E-state index in [1.807, 2.05) is 18.2 Å². The number of hydrogen-bond donors (Lipinski definition) is 1. The highest BCUT2D eigenvalue weighted by atomic mass is 19.1. The van der Waals surface area contributed by atoms with E-state index in [1.165, 1.54) is 6.07 Å². The number of benzene rings is 2. The van der Waals surface area contributed by atoms with Gasteiger partial charge in [0, 0.05) is 39.3 Å². The van der Waals surface area contributed by atoms with Gasteiger partial charge in [0.2, 0.25) is 0 Å². The molecule has 152 valence electrons. The third-order valence-corrected chi connectivity index (χ3v) is 4.96. The molecule has 2 aromatic carbocycles. The van der Waals surface area contributed by atoms with E-state index in [0.717, 1.165) is 25.2 Å². The molecule has 0 aliphatic carbocycles. The molecule has 5 nitrogen and oxygen atoms in total. The van der Waals surface area contributed by atoms with Crippen molar-refractivity contribution in [3.05, 3.63) is 77.6 Å². The zero-order chi connectivity index (χ0) is 20.5. The maximum Gasteiger partial charge on any atom is 0.311 e. The number of carbonyl (C=O) groups is 2. The summed E-state index contributed by atoms with van der Waals surface area (Å²) in [6.45, 7) is 3.56. The van der Waals surface area contributed by atoms with Gasteiger partial charge in [0.1, 0.15) is 5.82 Å². The van der Waals surface area contributed by atoms with Crippen LogP contribution in [0.3, 0.4) is 0 Å². The second-order valence-electron chi connectivity index (χ2n) is 7.00. The summed E-state index contributed by atoms with van der Waals surface area (Å²) in [6, 6.07) is 16.5. The second kappa shape index (κ2) is 10.5. The van der Waals surface area contributed by atoms with Crippen LogP contribution < -0.4 is 5.32 Å². The van der Waals surface area contributed by atoms with Crippen molar-refractivity contribution in [2.24, 2.45) is 0 Å². The minimum atomic E-state index is -0.626. The second-order valence-corrected chi connectivity index (χ2v) is 7.00. The number of amides is 2. The first-order chi connectivity index (χ1) is 14.1. The molecule has 2 aromatic rings. The fourth-order valence-electron chi connectivity index (χ4n) is 3.27. The first-order valence-electron chi connectivity index (χ1n) is 9.88. The molecule has 3 rings (SSSR count). The quantitative estimate of drug-likeness (QED) is 0.764. The molecule has 1 fully saturated rings. The maximum absolute atomic E-state index is 13.6. The molecule has 1 aliphatic rings. The Hall–Kier alpha value is -2.99. The SMILES string of the molecule is O=C(NCCc1ccccc1F)C(=O)N1CCN(C/C=C/c2ccccc2)CC1. The highest BCUT2D eigenvalue weighted by molar-refractivity contribution is 6.35. The Bertz CT molecular complexity index is 846. The van der Waals surface area contributed by atoms with Crippen molar-refractivity contribution in [1.82, 2.24) is 15.1 Å². The van der Waals surface area contributed by atoms with Crippen LogP contribution in [0.1, 0.15) is 11.1 Å². The molecule has 0 aromatic heterocycles. The lowest BCUT2D eigenvalue weighted by atomic mass is 10.1. The number of halogens is 1. The zero-order valence-corrected chi connectivity index (χ0v) is 16.4. The van der Waals surface area contributed by atoms with Crippen LogP contribution in [0.15, 0.2) is 60.7 Å². The van der Waals surface area contributed by atoms with E-state index in [2.05, 4.69) is 34.5 Å². The van der Waals surface area contributed by atoms with Crippen LogP contribution in [0.5, 0.6) is 0 Å². The average molecular weight is 395 g/mol. The van der Waals surface area contributed by atoms with Gasteiger partial charge in [0.15, 0.2) is 0 Å². The van der Waals surface area contributed by atoms with Gasteiger partial charge in [-0.3, -0.25) is 14.5 Å². The van der Waals surface area contributed by atoms with E-state index in [0.29, 0.717) is 25.1 Å². The van der Waals surface area contributed by atoms with Gasteiger partial charge in [-0.25, -0.2) is 4.39 Å². The molecule has 6 heteroatoms. The third-order valence-electron chi connectivity index (χ3n) is 4.96. The number of hydrogen-bond acceptors (Lipinski definition) is 3. The number of nitrogens with one attached hydrogen (secondary N) is 1. The summed E-state index contributed by atoms with van der Waals surface area (Å²) in [5.74, 6) is -1.44. The molecule has 0 spiro atoms. The molecule has 2 amide bonds. The van der Waals surface area contributed by atoms with Gasteiger partial charge in [-0.15, -0.1) is 0 Å². The van der Waals surface area contributed by atoms with Crippen molar-refractivity contribution in [1.29, 1.82) is 0 Å². The Morgan fingerprint density at radius 2 is 1.66 bits per heavy atom. The van der Waals surface area contributed by atoms with E-state index in [4.69, 9.17) is 0 Å². The van der Waals surface area contributed by atoms with Crippen LogP contribution >= 0.6 is 0 Å². The van der Waals surface area contributed by atoms with Crippen molar-refractivity contribution < 1.29 is 14.0 Å². The van der Waals surface area contributed by atoms with Crippen LogP contribution in [0.2, 0.25) is 0 Å². The van der Waals surface area contributed by atoms with Crippen molar-refractivity contribution >= 4 is 17.9 Å². The summed E-state index contributed by atoms with van der Waals surface area (Å²) < 4.78 is 13.6. The van der Waals surface area contributed by atoms with Crippen molar-refractivity contribution in [2.45, 2.75) is 6.42 Å². The average Bonchev–Trinajstić information content (AvgIpc) is 2.76. The van der Waals surface area contributed by atoms with Crippen molar-refractivity contribution in [3.63, 3.8) is 0 Å². The molecule has 1 N–H and O–H groups in total. The van der Waals surface area contributed by atoms with Gasteiger partial charge < -0.3 is 10.2 Å². The van der Waals surface area contributed by atoms with Gasteiger partial charge in [-0.1, -0.05) is 60.7 Å². The molecule has 0 unspecified atom stereocenters. The van der Waals surface area contributed by atoms with Crippen LogP contribution in [-0.2, 0) is 16.0 Å². The summed E-state index contributed by atoms with van der Waals surface area (Å²) in [6.07, 6.45) is 4.55. The highest BCUT2D eigenvalue weighted by Gasteiger charge is 2.25. The summed E-state index contributed by atoms with van der Waals surface area (Å²) >= 11 is 0. The van der Waals surface area contributed by atoms with Crippen LogP contribution in [0.25, 0.3) is 6.08 Å². The van der Waals surface area contributed by atoms with E-state index in [9.17, 15) is 14.0 Å². The Kier molecular flexibility index (Phi) is 7.53. The topological polar surface area (TPSA) is 52.7 Å². The molecule has 0 atom stereocenters. The molecule has 1 heterocycles. The van der Waals surface area contributed by atoms with Crippen molar-refractivity contribution in [3.8, 4) is 0 Å². The molecule has 1 saturated heterocycles. The van der Waals surface area contributed by atoms with Crippen LogP contribution in [0.4, 0.5) is 4.39 Å². The number of rotatable bonds is 6. The normalized spacial score (nSPS) is 14.9. The van der Waals surface area contributed by atoms with E-state index < -0.39 is 11.8 Å². The molecular weight excluding hydrogens is 369 g/mol. The third kappa shape index (κ3) is 6.26. The highest BCUT2D eigenvalue weighted by Crippen LogP contribution is 2.07. The first-order valence-corrected chi connectivity index (χ1v) is 9.88. The van der Waals surface area contributed by atoms with Crippen LogP contribution in [0, 0.1) is 5.82 Å². The van der Waals surface area contributed by atoms with Gasteiger partial charge in [-0.2, -0.15) is 0 Å². The van der Waals surface area contributed by atoms with E-state index in [1.54, 1.807) is 23.1 Å². The smallest absolute Gasteiger partial charge is 0.311 e. The Morgan fingerprint density at radius 3 is 2.38 bits per heavy atom. The number of carbonyl (C=O) groups excluding carboxylic acids is 2. The lowest BCUT2D eigenvalue weighted by molar-refractivity contribution is -0.146. The summed E-state index contributed by atoms with van der Waals surface area (Å²) in [7, 11) is 0. The Balaban J connectivity index is 1.37. The monoisotopic (exact) mass is 395 g/mol. The molecular formula is C23H26FN3O2. The Labute approximate surface area is 170 Å². The van der Waals surface area contributed by atoms with Gasteiger partial charge >= 0.3 is 11.8 Å². The molecule has 29 heavy (non-hydrogen) atoms. The summed E-state index contributed by atoms with van der Waals surface area (Å²) in [4.78, 5) is 28.3. The summed E-state index contributed by atoms with van der Waals surface area (Å²) in [5.41, 5.74) is 1.69. The van der Waals surface area contributed by atoms with Crippen LogP contribution in [-0.4, -0.2) is 60.9 Å². The number of nitrogens with zero attached hydrogens (tertiary/aromatic N) is 2. The van der Waals surface area contributed by atoms with Gasteiger partial charge in [0.25, 0.3) is 0 Å². The lowest BCUT2D eigenvalue weighted by Crippen LogP contribution is -2.52. The molecule has 1 aliphatic heterocycles. The van der Waals surface area contributed by atoms with Gasteiger partial charge in [0.05, 0.1) is 0 Å². The summed E-state index contributed by atoms with van der Waals surface area (Å²) in [5, 5.41) is 2.60. The predicted molar refractivity (Wildman–Crippen MR) is 112 cm³/mol. The molecule has 0 bridgehead atoms. The van der Waals surface area contributed by atoms with Crippen molar-refractivity contribution in [2.75, 3.05) is 39.3 Å². The fourth-order valence-corrected chi connectivity index (χ4v) is 3.27. The predicted octanol–water partition coefficient (Wildman–Crippen LogP) is 2.34. The zero-order valence-electron chi connectivity index (χ0n) is 16.4. The maximum atomic E-state index is 13.6. The number of piperazine rings is 1. The Morgan fingerprint density at radius 1 is 0.966 bits per heavy atom. The molecule has 0 radical (unpaired) electrons. The van der Waals surface area contributed by atoms with Gasteiger partial charge in [-0.05, 0) is 23.6 Å². The standard InChI is InChI=1S/C23H26FN3O2/c24-21-11-5-4-10-20(21)12-13-25-22(28)23(29)27-17-15-26(16-18-27)14-6-9-19-7-2-1-3-8-19/h1-11H,12-18H2,(H,25,28)/b9-6+. The minimum Gasteiger partial charge on any atom is -0.347 e. The van der Waals surface area contributed by atoms with E-state index in [-0.39, 0.29) is 12.4 Å². The lowest BCUT2D eigenvalue weighted by Gasteiger charge is -2.33. The minimum absolute atomic E-state index is 0.232. The fraction of sp³-hybridized carbons (Fsp3) is 0.304. The largest absolute Gasteiger partial charge is 0.347 e. The first kappa shape index (κ1) is 20.7.